The number of ether oxygens (including phenoxy) is 2. The molecule has 0 saturated carbocycles. The zero-order valence-corrected chi connectivity index (χ0v) is 12.1. The van der Waals surface area contributed by atoms with E-state index in [9.17, 15) is 14.4 Å². The first-order valence-electron chi connectivity index (χ1n) is 6.68. The highest BCUT2D eigenvalue weighted by molar-refractivity contribution is 5.81. The third-order valence-corrected chi connectivity index (χ3v) is 2.78. The second-order valence-corrected chi connectivity index (χ2v) is 4.48. The van der Waals surface area contributed by atoms with Crippen molar-refractivity contribution in [3.63, 3.8) is 0 Å². The molecule has 21 heavy (non-hydrogen) atoms. The molecule has 114 valence electrons. The molecule has 0 unspecified atom stereocenters. The van der Waals surface area contributed by atoms with Crippen LogP contribution in [-0.4, -0.2) is 37.4 Å². The fourth-order valence-electron chi connectivity index (χ4n) is 1.45. The van der Waals surface area contributed by atoms with E-state index in [1.165, 1.54) is 0 Å². The van der Waals surface area contributed by atoms with E-state index in [4.69, 9.17) is 9.47 Å². The van der Waals surface area contributed by atoms with Gasteiger partial charge in [-0.1, -0.05) is 19.1 Å². The lowest BCUT2D eigenvalue weighted by atomic mass is 10.2. The summed E-state index contributed by atoms with van der Waals surface area (Å²) in [5.41, 5.74) is 0.347. The predicted molar refractivity (Wildman–Crippen MR) is 76.2 cm³/mol. The van der Waals surface area contributed by atoms with E-state index in [0.717, 1.165) is 6.42 Å². The second-order valence-electron chi connectivity index (χ2n) is 4.48. The third-order valence-electron chi connectivity index (χ3n) is 2.78. The minimum absolute atomic E-state index is 0.0342. The Morgan fingerprint density at radius 2 is 2.00 bits per heavy atom. The molecule has 1 amide bonds. The number of aldehydes is 1. The maximum absolute atomic E-state index is 11.5. The summed E-state index contributed by atoms with van der Waals surface area (Å²) in [6.45, 7) is 3.10. The lowest BCUT2D eigenvalue weighted by Crippen LogP contribution is -2.35. The van der Waals surface area contributed by atoms with Crippen molar-refractivity contribution in [1.29, 1.82) is 0 Å². The van der Waals surface area contributed by atoms with Crippen LogP contribution in [0.5, 0.6) is 5.75 Å². The minimum Gasteiger partial charge on any atom is -0.481 e. The first-order chi connectivity index (χ1) is 10.1. The second kappa shape index (κ2) is 8.73. The molecule has 0 spiro atoms. The van der Waals surface area contributed by atoms with Crippen LogP contribution in [-0.2, 0) is 14.3 Å². The first kappa shape index (κ1) is 16.7. The normalized spacial score (nSPS) is 11.3. The van der Waals surface area contributed by atoms with Crippen LogP contribution in [0.3, 0.4) is 0 Å². The van der Waals surface area contributed by atoms with E-state index in [1.54, 1.807) is 24.3 Å². The highest BCUT2D eigenvalue weighted by Crippen LogP contribution is 2.15. The van der Waals surface area contributed by atoms with Gasteiger partial charge in [0, 0.05) is 6.04 Å². The smallest absolute Gasteiger partial charge is 0.344 e. The molecule has 0 saturated heterocycles. The van der Waals surface area contributed by atoms with Crippen molar-refractivity contribution in [3.05, 3.63) is 29.8 Å². The molecule has 0 fully saturated rings. The summed E-state index contributed by atoms with van der Waals surface area (Å²) < 4.78 is 9.97. The summed E-state index contributed by atoms with van der Waals surface area (Å²) in [4.78, 5) is 33.6. The molecule has 0 bridgehead atoms. The van der Waals surface area contributed by atoms with Gasteiger partial charge in [0.25, 0.3) is 5.91 Å². The molecule has 1 aromatic rings. The zero-order valence-electron chi connectivity index (χ0n) is 12.1. The van der Waals surface area contributed by atoms with Gasteiger partial charge in [-0.3, -0.25) is 9.59 Å². The van der Waals surface area contributed by atoms with Crippen molar-refractivity contribution in [2.45, 2.75) is 26.3 Å². The number of benzene rings is 1. The van der Waals surface area contributed by atoms with Crippen LogP contribution in [0.1, 0.15) is 30.6 Å². The molecule has 0 aliphatic heterocycles. The summed E-state index contributed by atoms with van der Waals surface area (Å²) in [5.74, 6) is -0.727. The minimum atomic E-state index is -0.671. The zero-order chi connectivity index (χ0) is 15.7. The Balaban J connectivity index is 2.34. The molecule has 6 heteroatoms. The predicted octanol–water partition coefficient (Wildman–Crippen LogP) is 1.34. The van der Waals surface area contributed by atoms with Crippen molar-refractivity contribution in [2.75, 3.05) is 13.2 Å². The third kappa shape index (κ3) is 6.07. The van der Waals surface area contributed by atoms with Gasteiger partial charge in [0.2, 0.25) is 0 Å². The van der Waals surface area contributed by atoms with Gasteiger partial charge in [-0.25, -0.2) is 4.79 Å². The Bertz CT molecular complexity index is 501. The quantitative estimate of drug-likeness (QED) is 0.577. The van der Waals surface area contributed by atoms with Gasteiger partial charge in [0.05, 0.1) is 5.56 Å². The van der Waals surface area contributed by atoms with E-state index in [-0.39, 0.29) is 25.2 Å². The maximum Gasteiger partial charge on any atom is 0.344 e. The van der Waals surface area contributed by atoms with Gasteiger partial charge in [-0.05, 0) is 25.5 Å². The number of hydrogen-bond donors (Lipinski definition) is 1. The topological polar surface area (TPSA) is 81.7 Å². The summed E-state index contributed by atoms with van der Waals surface area (Å²) in [7, 11) is 0. The Morgan fingerprint density at radius 1 is 1.29 bits per heavy atom. The number of nitrogens with one attached hydrogen (secondary N) is 1. The van der Waals surface area contributed by atoms with Gasteiger partial charge < -0.3 is 14.8 Å². The Hall–Kier alpha value is -2.37. The van der Waals surface area contributed by atoms with E-state index in [2.05, 4.69) is 5.32 Å². The Morgan fingerprint density at radius 3 is 2.67 bits per heavy atom. The van der Waals surface area contributed by atoms with Crippen LogP contribution in [0.2, 0.25) is 0 Å². The maximum atomic E-state index is 11.5. The highest BCUT2D eigenvalue weighted by Gasteiger charge is 2.11. The summed E-state index contributed by atoms with van der Waals surface area (Å²) in [6, 6.07) is 6.56. The molecule has 0 aliphatic rings. The van der Waals surface area contributed by atoms with Crippen molar-refractivity contribution in [1.82, 2.24) is 5.32 Å². The first-order valence-corrected chi connectivity index (χ1v) is 6.68. The van der Waals surface area contributed by atoms with Crippen LogP contribution < -0.4 is 10.1 Å². The number of amides is 1. The molecule has 6 nitrogen and oxygen atoms in total. The number of rotatable bonds is 8. The largest absolute Gasteiger partial charge is 0.481 e. The molecule has 1 aromatic carbocycles. The van der Waals surface area contributed by atoms with Crippen LogP contribution in [0.15, 0.2) is 24.3 Å². The average Bonchev–Trinajstić information content (AvgIpc) is 2.50. The van der Waals surface area contributed by atoms with E-state index in [0.29, 0.717) is 17.6 Å². The average molecular weight is 293 g/mol. The fraction of sp³-hybridized carbons (Fsp3) is 0.400. The van der Waals surface area contributed by atoms with E-state index < -0.39 is 5.97 Å². The molecule has 1 atom stereocenters. The summed E-state index contributed by atoms with van der Waals surface area (Å²) in [6.07, 6.45) is 1.44. The van der Waals surface area contributed by atoms with Crippen LogP contribution in [0.25, 0.3) is 0 Å². The molecule has 0 aromatic heterocycles. The van der Waals surface area contributed by atoms with Crippen molar-refractivity contribution < 1.29 is 23.9 Å². The monoisotopic (exact) mass is 293 g/mol. The molecule has 0 radical (unpaired) electrons. The lowest BCUT2D eigenvalue weighted by molar-refractivity contribution is -0.150. The molecule has 1 rings (SSSR count). The van der Waals surface area contributed by atoms with Crippen LogP contribution in [0.4, 0.5) is 0 Å². The fourth-order valence-corrected chi connectivity index (χ4v) is 1.45. The number of esters is 1. The number of hydrogen-bond acceptors (Lipinski definition) is 5. The van der Waals surface area contributed by atoms with Gasteiger partial charge in [0.1, 0.15) is 5.75 Å². The van der Waals surface area contributed by atoms with Gasteiger partial charge in [0.15, 0.2) is 19.5 Å². The van der Waals surface area contributed by atoms with E-state index >= 15 is 0 Å². The standard InChI is InChI=1S/C15H19NO5/c1-3-11(2)16-14(18)9-21-15(19)10-20-13-7-5-4-6-12(13)8-17/h4-8,11H,3,9-10H2,1-2H3,(H,16,18)/t11-/m0/s1. The summed E-state index contributed by atoms with van der Waals surface area (Å²) in [5, 5.41) is 2.67. The number of carbonyl (C=O) groups excluding carboxylic acids is 3. The van der Waals surface area contributed by atoms with Crippen LogP contribution >= 0.6 is 0 Å². The van der Waals surface area contributed by atoms with Crippen molar-refractivity contribution in [2.24, 2.45) is 0 Å². The van der Waals surface area contributed by atoms with Crippen molar-refractivity contribution >= 4 is 18.2 Å². The van der Waals surface area contributed by atoms with Crippen molar-refractivity contribution in [3.8, 4) is 5.75 Å². The summed E-state index contributed by atoms with van der Waals surface area (Å²) >= 11 is 0. The molecule has 1 N–H and O–H groups in total. The SMILES string of the molecule is CC[C@H](C)NC(=O)COC(=O)COc1ccccc1C=O. The number of carbonyl (C=O) groups is 3. The molecule has 0 heterocycles. The lowest BCUT2D eigenvalue weighted by Gasteiger charge is -2.12. The number of para-hydroxylation sites is 1. The molecule has 0 aliphatic carbocycles. The molecular weight excluding hydrogens is 274 g/mol. The van der Waals surface area contributed by atoms with Gasteiger partial charge >= 0.3 is 5.97 Å². The van der Waals surface area contributed by atoms with Crippen LogP contribution in [0, 0.1) is 0 Å². The Labute approximate surface area is 123 Å². The Kier molecular flexibility index (Phi) is 6.94. The van der Waals surface area contributed by atoms with Gasteiger partial charge in [-0.15, -0.1) is 0 Å². The molecular formula is C15H19NO5. The van der Waals surface area contributed by atoms with Gasteiger partial charge in [-0.2, -0.15) is 0 Å². The highest BCUT2D eigenvalue weighted by atomic mass is 16.6. The van der Waals surface area contributed by atoms with E-state index in [1.807, 2.05) is 13.8 Å².